The summed E-state index contributed by atoms with van der Waals surface area (Å²) in [5, 5.41) is 0. The topological polar surface area (TPSA) is 93.4 Å². The summed E-state index contributed by atoms with van der Waals surface area (Å²) in [7, 11) is 0. The molecule has 1 heterocycles. The van der Waals surface area contributed by atoms with Crippen LogP contribution in [0.15, 0.2) is 23.2 Å². The molecule has 98 valence electrons. The minimum absolute atomic E-state index is 0.0426. The van der Waals surface area contributed by atoms with E-state index in [4.69, 9.17) is 26.4 Å². The van der Waals surface area contributed by atoms with E-state index in [1.807, 2.05) is 0 Å². The van der Waals surface area contributed by atoms with Crippen LogP contribution in [-0.4, -0.2) is 29.5 Å². The van der Waals surface area contributed by atoms with E-state index in [1.165, 1.54) is 0 Å². The van der Waals surface area contributed by atoms with Crippen molar-refractivity contribution in [3.8, 4) is 0 Å². The van der Waals surface area contributed by atoms with Crippen LogP contribution in [0.2, 0.25) is 0 Å². The standard InChI is InChI=1S/C10H12N2O5S/c1-6(2)16-4-15-5-17-9(14)7-3-8(13)12-10(18)11-7/h3H,1,4-5H2,2H3,(H2,11,12,13,18). The van der Waals surface area contributed by atoms with Gasteiger partial charge in [0.05, 0.1) is 5.76 Å². The Kier molecular flexibility index (Phi) is 5.28. The van der Waals surface area contributed by atoms with Crippen molar-refractivity contribution in [2.24, 2.45) is 0 Å². The third-order valence-corrected chi connectivity index (χ3v) is 1.85. The van der Waals surface area contributed by atoms with Gasteiger partial charge in [0, 0.05) is 6.07 Å². The van der Waals surface area contributed by atoms with Crippen LogP contribution < -0.4 is 5.56 Å². The van der Waals surface area contributed by atoms with Crippen LogP contribution in [0, 0.1) is 4.77 Å². The average molecular weight is 272 g/mol. The fourth-order valence-electron chi connectivity index (χ4n) is 0.928. The molecule has 1 rings (SSSR count). The molecule has 1 aromatic heterocycles. The van der Waals surface area contributed by atoms with E-state index in [9.17, 15) is 9.59 Å². The van der Waals surface area contributed by atoms with Crippen LogP contribution in [0.25, 0.3) is 0 Å². The van der Waals surface area contributed by atoms with Gasteiger partial charge < -0.3 is 19.2 Å². The van der Waals surface area contributed by atoms with E-state index in [0.29, 0.717) is 5.76 Å². The number of nitrogens with one attached hydrogen (secondary N) is 2. The molecule has 0 amide bonds. The third kappa shape index (κ3) is 4.93. The highest BCUT2D eigenvalue weighted by Gasteiger charge is 2.08. The van der Waals surface area contributed by atoms with Gasteiger partial charge in [0.15, 0.2) is 18.4 Å². The Morgan fingerprint density at radius 1 is 1.39 bits per heavy atom. The highest BCUT2D eigenvalue weighted by atomic mass is 32.1. The van der Waals surface area contributed by atoms with Crippen molar-refractivity contribution in [1.29, 1.82) is 0 Å². The average Bonchev–Trinajstić information content (AvgIpc) is 2.26. The molecule has 2 N–H and O–H groups in total. The number of aromatic amines is 2. The van der Waals surface area contributed by atoms with E-state index < -0.39 is 11.5 Å². The highest BCUT2D eigenvalue weighted by molar-refractivity contribution is 7.71. The van der Waals surface area contributed by atoms with Crippen LogP contribution in [0.4, 0.5) is 0 Å². The normalized spacial score (nSPS) is 9.83. The van der Waals surface area contributed by atoms with Crippen LogP contribution in [0.5, 0.6) is 0 Å². The van der Waals surface area contributed by atoms with Crippen molar-refractivity contribution < 1.29 is 19.0 Å². The summed E-state index contributed by atoms with van der Waals surface area (Å²) in [6, 6.07) is 1.04. The van der Waals surface area contributed by atoms with E-state index >= 15 is 0 Å². The molecule has 0 spiro atoms. The number of hydrogen-bond donors (Lipinski definition) is 2. The monoisotopic (exact) mass is 272 g/mol. The molecule has 0 saturated carbocycles. The summed E-state index contributed by atoms with van der Waals surface area (Å²) in [5.41, 5.74) is -0.537. The number of H-pyrrole nitrogens is 2. The van der Waals surface area contributed by atoms with E-state index in [0.717, 1.165) is 6.07 Å². The molecule has 0 aliphatic heterocycles. The molecule has 0 radical (unpaired) electrons. The second kappa shape index (κ2) is 6.72. The third-order valence-electron chi connectivity index (χ3n) is 1.64. The quantitative estimate of drug-likeness (QED) is 0.264. The van der Waals surface area contributed by atoms with Crippen molar-refractivity contribution in [1.82, 2.24) is 9.97 Å². The Balaban J connectivity index is 2.43. The zero-order valence-electron chi connectivity index (χ0n) is 9.65. The molecule has 0 bridgehead atoms. The number of hydrogen-bond acceptors (Lipinski definition) is 6. The second-order valence-electron chi connectivity index (χ2n) is 3.22. The Morgan fingerprint density at radius 3 is 2.67 bits per heavy atom. The fraction of sp³-hybridized carbons (Fsp3) is 0.300. The van der Waals surface area contributed by atoms with Gasteiger partial charge in [-0.15, -0.1) is 0 Å². The first-order valence-electron chi connectivity index (χ1n) is 4.86. The van der Waals surface area contributed by atoms with Crippen molar-refractivity contribution in [2.45, 2.75) is 6.92 Å². The van der Waals surface area contributed by atoms with E-state index in [2.05, 4.69) is 16.5 Å². The molecule has 7 nitrogen and oxygen atoms in total. The minimum Gasteiger partial charge on any atom is -0.473 e. The van der Waals surface area contributed by atoms with Gasteiger partial charge in [0.2, 0.25) is 0 Å². The molecule has 0 unspecified atom stereocenters. The summed E-state index contributed by atoms with van der Waals surface area (Å²) in [5.74, 6) is -0.262. The number of carbonyl (C=O) groups excluding carboxylic acids is 1. The van der Waals surface area contributed by atoms with Crippen LogP contribution >= 0.6 is 12.2 Å². The first-order valence-corrected chi connectivity index (χ1v) is 5.26. The predicted octanol–water partition coefficient (Wildman–Crippen LogP) is 1.07. The second-order valence-corrected chi connectivity index (χ2v) is 3.63. The van der Waals surface area contributed by atoms with Crippen LogP contribution in [0.1, 0.15) is 17.4 Å². The van der Waals surface area contributed by atoms with Gasteiger partial charge >= 0.3 is 5.97 Å². The van der Waals surface area contributed by atoms with Gasteiger partial charge in [0.25, 0.3) is 5.56 Å². The van der Waals surface area contributed by atoms with Gasteiger partial charge in [-0.05, 0) is 19.1 Å². The zero-order valence-corrected chi connectivity index (χ0v) is 10.5. The molecule has 0 aliphatic rings. The van der Waals surface area contributed by atoms with Crippen LogP contribution in [0.3, 0.4) is 0 Å². The van der Waals surface area contributed by atoms with E-state index in [1.54, 1.807) is 6.92 Å². The Hall–Kier alpha value is -1.93. The molecule has 0 aromatic carbocycles. The van der Waals surface area contributed by atoms with Gasteiger partial charge in [-0.3, -0.25) is 9.78 Å². The maximum atomic E-state index is 11.5. The fourth-order valence-corrected chi connectivity index (χ4v) is 1.14. The lowest BCUT2D eigenvalue weighted by atomic mass is 10.4. The Morgan fingerprint density at radius 2 is 2.06 bits per heavy atom. The van der Waals surface area contributed by atoms with Gasteiger partial charge in [-0.2, -0.15) is 0 Å². The van der Waals surface area contributed by atoms with Crippen LogP contribution in [-0.2, 0) is 14.2 Å². The summed E-state index contributed by atoms with van der Waals surface area (Å²) in [6.07, 6.45) is 0. The summed E-state index contributed by atoms with van der Waals surface area (Å²) in [6.45, 7) is 4.77. The summed E-state index contributed by atoms with van der Waals surface area (Å²) in [4.78, 5) is 27.3. The van der Waals surface area contributed by atoms with Gasteiger partial charge in [-0.1, -0.05) is 6.58 Å². The number of carbonyl (C=O) groups is 1. The Labute approximate surface area is 107 Å². The maximum absolute atomic E-state index is 11.5. The van der Waals surface area contributed by atoms with Crippen molar-refractivity contribution >= 4 is 18.2 Å². The lowest BCUT2D eigenvalue weighted by Gasteiger charge is -2.07. The van der Waals surface area contributed by atoms with Gasteiger partial charge in [-0.25, -0.2) is 4.79 Å². The molecule has 0 saturated heterocycles. The molecule has 0 atom stereocenters. The van der Waals surface area contributed by atoms with E-state index in [-0.39, 0.29) is 24.1 Å². The molecule has 0 fully saturated rings. The number of allylic oxidation sites excluding steroid dienone is 1. The highest BCUT2D eigenvalue weighted by Crippen LogP contribution is 1.95. The molecule has 1 aromatic rings. The summed E-state index contributed by atoms with van der Waals surface area (Å²) >= 11 is 4.71. The lowest BCUT2D eigenvalue weighted by Crippen LogP contribution is -2.16. The first-order chi connectivity index (χ1) is 8.49. The largest absolute Gasteiger partial charge is 0.473 e. The molecular formula is C10H12N2O5S. The number of rotatable bonds is 6. The summed E-state index contributed by atoms with van der Waals surface area (Å²) < 4.78 is 14.5. The molecule has 0 aliphatic carbocycles. The van der Waals surface area contributed by atoms with Crippen molar-refractivity contribution in [3.05, 3.63) is 39.2 Å². The zero-order chi connectivity index (χ0) is 13.5. The first kappa shape index (κ1) is 14.1. The minimum atomic E-state index is -0.748. The number of aromatic nitrogens is 2. The van der Waals surface area contributed by atoms with Crippen molar-refractivity contribution in [3.63, 3.8) is 0 Å². The predicted molar refractivity (Wildman–Crippen MR) is 64.4 cm³/mol. The molecule has 8 heteroatoms. The number of esters is 1. The Bertz CT molecular complexity index is 519. The van der Waals surface area contributed by atoms with Gasteiger partial charge in [0.1, 0.15) is 5.69 Å². The number of ether oxygens (including phenoxy) is 3. The van der Waals surface area contributed by atoms with Crippen molar-refractivity contribution in [2.75, 3.05) is 13.6 Å². The maximum Gasteiger partial charge on any atom is 0.357 e. The molecule has 18 heavy (non-hydrogen) atoms. The molecular weight excluding hydrogens is 260 g/mol. The smallest absolute Gasteiger partial charge is 0.357 e. The SMILES string of the molecule is C=C(C)OCOCOC(=O)c1cc(=O)[nH]c(=S)[nH]1. The lowest BCUT2D eigenvalue weighted by molar-refractivity contribution is -0.0956.